The Hall–Kier alpha value is -0.120. The van der Waals surface area contributed by atoms with Crippen LogP contribution in [0.15, 0.2) is 0 Å². The molecular weight excluding hydrogens is 222 g/mol. The van der Waals surface area contributed by atoms with Gasteiger partial charge >= 0.3 is 0 Å². The molecule has 3 heteroatoms. The van der Waals surface area contributed by atoms with Gasteiger partial charge in [0.15, 0.2) is 0 Å². The number of nitrogens with zero attached hydrogens (tertiary/aromatic N) is 2. The Balaban J connectivity index is 1.71. The minimum atomic E-state index is 0.461. The zero-order valence-electron chi connectivity index (χ0n) is 12.3. The molecule has 2 aliphatic heterocycles. The molecule has 2 fully saturated rings. The molecule has 2 rings (SSSR count). The van der Waals surface area contributed by atoms with Gasteiger partial charge in [-0.1, -0.05) is 20.3 Å². The molecule has 0 bridgehead atoms. The fourth-order valence-electron chi connectivity index (χ4n) is 3.59. The second-order valence-electron chi connectivity index (χ2n) is 6.47. The number of piperidine rings is 1. The van der Waals surface area contributed by atoms with Crippen molar-refractivity contribution in [2.24, 2.45) is 11.7 Å². The first-order valence-electron chi connectivity index (χ1n) is 7.91. The van der Waals surface area contributed by atoms with Crippen LogP contribution in [0.1, 0.15) is 46.0 Å². The predicted octanol–water partition coefficient (Wildman–Crippen LogP) is 1.92. The molecule has 0 aromatic carbocycles. The van der Waals surface area contributed by atoms with Gasteiger partial charge in [0.05, 0.1) is 0 Å². The van der Waals surface area contributed by atoms with Gasteiger partial charge in [0.25, 0.3) is 0 Å². The van der Waals surface area contributed by atoms with E-state index in [4.69, 9.17) is 5.73 Å². The van der Waals surface area contributed by atoms with E-state index in [-0.39, 0.29) is 0 Å². The van der Waals surface area contributed by atoms with Crippen molar-refractivity contribution < 1.29 is 0 Å². The van der Waals surface area contributed by atoms with Crippen molar-refractivity contribution in [1.29, 1.82) is 0 Å². The van der Waals surface area contributed by atoms with E-state index in [2.05, 4.69) is 23.6 Å². The normalized spacial score (nSPS) is 29.8. The monoisotopic (exact) mass is 253 g/mol. The minimum Gasteiger partial charge on any atom is -0.328 e. The lowest BCUT2D eigenvalue weighted by molar-refractivity contribution is 0.149. The quantitative estimate of drug-likeness (QED) is 0.812. The molecule has 2 N–H and O–H groups in total. The van der Waals surface area contributed by atoms with Gasteiger partial charge in [-0.2, -0.15) is 0 Å². The number of hydrogen-bond acceptors (Lipinski definition) is 3. The van der Waals surface area contributed by atoms with Crippen LogP contribution in [0.4, 0.5) is 0 Å². The molecule has 0 saturated carbocycles. The van der Waals surface area contributed by atoms with E-state index >= 15 is 0 Å². The summed E-state index contributed by atoms with van der Waals surface area (Å²) in [5, 5.41) is 0. The summed E-state index contributed by atoms with van der Waals surface area (Å²) in [6.07, 6.45) is 6.46. The van der Waals surface area contributed by atoms with Gasteiger partial charge in [-0.25, -0.2) is 0 Å². The number of rotatable bonds is 5. The van der Waals surface area contributed by atoms with Crippen molar-refractivity contribution in [3.8, 4) is 0 Å². The van der Waals surface area contributed by atoms with Gasteiger partial charge in [-0.3, -0.25) is 4.90 Å². The summed E-state index contributed by atoms with van der Waals surface area (Å²) in [7, 11) is 0. The average molecular weight is 253 g/mol. The molecule has 106 valence electrons. The molecule has 2 unspecified atom stereocenters. The highest BCUT2D eigenvalue weighted by Crippen LogP contribution is 2.21. The lowest BCUT2D eigenvalue weighted by Crippen LogP contribution is -2.46. The van der Waals surface area contributed by atoms with Crippen molar-refractivity contribution in [3.05, 3.63) is 0 Å². The number of nitrogens with two attached hydrogens (primary N) is 1. The molecular formula is C15H31N3. The average Bonchev–Trinajstić information content (AvgIpc) is 2.78. The first kappa shape index (κ1) is 14.3. The van der Waals surface area contributed by atoms with E-state index in [0.29, 0.717) is 6.04 Å². The van der Waals surface area contributed by atoms with E-state index in [1.807, 2.05) is 0 Å². The summed E-state index contributed by atoms with van der Waals surface area (Å²) in [4.78, 5) is 5.37. The highest BCUT2D eigenvalue weighted by atomic mass is 15.3. The van der Waals surface area contributed by atoms with Crippen LogP contribution in [0.3, 0.4) is 0 Å². The smallest absolute Gasteiger partial charge is 0.0235 e. The van der Waals surface area contributed by atoms with Gasteiger partial charge in [0.2, 0.25) is 0 Å². The van der Waals surface area contributed by atoms with Crippen LogP contribution in [-0.4, -0.2) is 54.6 Å². The largest absolute Gasteiger partial charge is 0.328 e. The van der Waals surface area contributed by atoms with Crippen molar-refractivity contribution in [1.82, 2.24) is 9.80 Å². The summed E-state index contributed by atoms with van der Waals surface area (Å²) < 4.78 is 0. The molecule has 0 aromatic heterocycles. The fraction of sp³-hybridized carbons (Fsp3) is 1.00. The highest BCUT2D eigenvalue weighted by Gasteiger charge is 2.29. The molecule has 0 spiro atoms. The summed E-state index contributed by atoms with van der Waals surface area (Å²) >= 11 is 0. The Morgan fingerprint density at radius 1 is 1.17 bits per heavy atom. The third-order valence-corrected chi connectivity index (χ3v) is 4.69. The zero-order chi connectivity index (χ0) is 13.0. The van der Waals surface area contributed by atoms with Crippen LogP contribution in [0.2, 0.25) is 0 Å². The Morgan fingerprint density at radius 3 is 2.56 bits per heavy atom. The van der Waals surface area contributed by atoms with Crippen molar-refractivity contribution in [2.75, 3.05) is 32.7 Å². The lowest BCUT2D eigenvalue weighted by atomic mass is 10.0. The summed E-state index contributed by atoms with van der Waals surface area (Å²) in [5.41, 5.74) is 5.99. The molecule has 0 aromatic rings. The van der Waals surface area contributed by atoms with E-state index in [1.54, 1.807) is 0 Å². The topological polar surface area (TPSA) is 32.5 Å². The standard InChI is InChI=1S/C15H31N3/c1-3-4-13(2)11-17-8-7-15(12-17)18-9-5-14(16)6-10-18/h13-15H,3-12,16H2,1-2H3. The van der Waals surface area contributed by atoms with Crippen molar-refractivity contribution >= 4 is 0 Å². The maximum atomic E-state index is 5.99. The van der Waals surface area contributed by atoms with Gasteiger partial charge < -0.3 is 10.6 Å². The third kappa shape index (κ3) is 3.94. The van der Waals surface area contributed by atoms with Crippen molar-refractivity contribution in [2.45, 2.75) is 58.0 Å². The van der Waals surface area contributed by atoms with Crippen LogP contribution in [-0.2, 0) is 0 Å². The number of hydrogen-bond donors (Lipinski definition) is 1. The van der Waals surface area contributed by atoms with Crippen LogP contribution in [0.25, 0.3) is 0 Å². The summed E-state index contributed by atoms with van der Waals surface area (Å²) in [5.74, 6) is 0.864. The molecule has 2 atom stereocenters. The molecule has 0 aliphatic carbocycles. The lowest BCUT2D eigenvalue weighted by Gasteiger charge is -2.34. The predicted molar refractivity (Wildman–Crippen MR) is 77.7 cm³/mol. The highest BCUT2D eigenvalue weighted by molar-refractivity contribution is 4.87. The molecule has 2 saturated heterocycles. The first-order chi connectivity index (χ1) is 8.69. The first-order valence-corrected chi connectivity index (χ1v) is 7.91. The molecule has 0 radical (unpaired) electrons. The fourth-order valence-corrected chi connectivity index (χ4v) is 3.59. The van der Waals surface area contributed by atoms with E-state index in [1.165, 1.54) is 64.8 Å². The summed E-state index contributed by atoms with van der Waals surface area (Å²) in [6.45, 7) is 11.0. The van der Waals surface area contributed by atoms with Crippen molar-refractivity contribution in [3.63, 3.8) is 0 Å². The molecule has 3 nitrogen and oxygen atoms in total. The second kappa shape index (κ2) is 6.88. The van der Waals surface area contributed by atoms with Gasteiger partial charge in [-0.05, 0) is 51.2 Å². The molecule has 2 aliphatic rings. The SMILES string of the molecule is CCCC(C)CN1CCC(N2CCC(N)CC2)C1. The van der Waals surface area contributed by atoms with Crippen LogP contribution >= 0.6 is 0 Å². The Morgan fingerprint density at radius 2 is 1.89 bits per heavy atom. The second-order valence-corrected chi connectivity index (χ2v) is 6.47. The number of likely N-dealkylation sites (tertiary alicyclic amines) is 2. The van der Waals surface area contributed by atoms with Gasteiger partial charge in [-0.15, -0.1) is 0 Å². The molecule has 2 heterocycles. The van der Waals surface area contributed by atoms with E-state index in [9.17, 15) is 0 Å². The Labute approximate surface area is 113 Å². The third-order valence-electron chi connectivity index (χ3n) is 4.69. The van der Waals surface area contributed by atoms with Gasteiger partial charge in [0.1, 0.15) is 0 Å². The van der Waals surface area contributed by atoms with E-state index in [0.717, 1.165) is 12.0 Å². The summed E-state index contributed by atoms with van der Waals surface area (Å²) in [6, 6.07) is 1.27. The Bertz CT molecular complexity index is 236. The molecule has 0 amide bonds. The minimum absolute atomic E-state index is 0.461. The Kier molecular flexibility index (Phi) is 5.46. The van der Waals surface area contributed by atoms with Gasteiger partial charge in [0, 0.05) is 25.2 Å². The van der Waals surface area contributed by atoms with Crippen LogP contribution in [0, 0.1) is 5.92 Å². The van der Waals surface area contributed by atoms with E-state index < -0.39 is 0 Å². The van der Waals surface area contributed by atoms with Crippen LogP contribution in [0.5, 0.6) is 0 Å². The molecule has 18 heavy (non-hydrogen) atoms. The van der Waals surface area contributed by atoms with Crippen LogP contribution < -0.4 is 5.73 Å². The maximum Gasteiger partial charge on any atom is 0.0235 e. The zero-order valence-corrected chi connectivity index (χ0v) is 12.3. The maximum absolute atomic E-state index is 5.99.